The zero-order valence-electron chi connectivity index (χ0n) is 9.75. The lowest BCUT2D eigenvalue weighted by molar-refractivity contribution is -0.135. The van der Waals surface area contributed by atoms with Gasteiger partial charge in [0, 0.05) is 20.2 Å². The van der Waals surface area contributed by atoms with E-state index in [1.807, 2.05) is 6.92 Å². The van der Waals surface area contributed by atoms with Gasteiger partial charge in [-0.2, -0.15) is 0 Å². The van der Waals surface area contributed by atoms with Crippen LogP contribution in [-0.4, -0.2) is 54.8 Å². The molecule has 0 amide bonds. The average Bonchev–Trinajstić information content (AvgIpc) is 2.41. The van der Waals surface area contributed by atoms with Crippen LogP contribution in [0.3, 0.4) is 0 Å². The maximum atomic E-state index is 11.2. The fourth-order valence-corrected chi connectivity index (χ4v) is 2.72. The first-order valence-electron chi connectivity index (χ1n) is 5.09. The van der Waals surface area contributed by atoms with Gasteiger partial charge in [0.1, 0.15) is 11.7 Å². The van der Waals surface area contributed by atoms with Crippen molar-refractivity contribution in [1.29, 1.82) is 0 Å². The highest BCUT2D eigenvalue weighted by Gasteiger charge is 2.50. The minimum atomic E-state index is -3.60. The second kappa shape index (κ2) is 5.12. The van der Waals surface area contributed by atoms with Crippen molar-refractivity contribution >= 4 is 7.60 Å². The molecule has 0 aromatic rings. The smallest absolute Gasteiger partial charge is 0.325 e. The first-order valence-corrected chi connectivity index (χ1v) is 7.12. The van der Waals surface area contributed by atoms with E-state index in [0.29, 0.717) is 6.42 Å². The lowest BCUT2D eigenvalue weighted by atomic mass is 9.98. The molecule has 1 aliphatic heterocycles. The Labute approximate surface area is 95.0 Å². The van der Waals surface area contributed by atoms with Crippen molar-refractivity contribution in [2.45, 2.75) is 31.2 Å². The summed E-state index contributed by atoms with van der Waals surface area (Å²) in [6.45, 7) is 2.75. The number of hydrogen-bond donors (Lipinski definition) is 2. The van der Waals surface area contributed by atoms with Crippen molar-refractivity contribution < 1.29 is 28.6 Å². The Kier molecular flexibility index (Phi) is 4.51. The Morgan fingerprint density at radius 2 is 2.25 bits per heavy atom. The van der Waals surface area contributed by atoms with Crippen molar-refractivity contribution in [1.82, 2.24) is 0 Å². The number of aliphatic hydroxyl groups is 1. The summed E-state index contributed by atoms with van der Waals surface area (Å²) in [5.41, 5.74) is -1.04. The van der Waals surface area contributed by atoms with Crippen LogP contribution in [0.25, 0.3) is 0 Å². The summed E-state index contributed by atoms with van der Waals surface area (Å²) in [5, 5.41) is 9.38. The fraction of sp³-hybridized carbons (Fsp3) is 1.00. The first-order chi connectivity index (χ1) is 7.33. The molecule has 0 bridgehead atoms. The zero-order chi connectivity index (χ0) is 12.4. The quantitative estimate of drug-likeness (QED) is 0.690. The molecular weight excluding hydrogens is 235 g/mol. The number of rotatable bonds is 5. The normalized spacial score (nSPS) is 38.6. The third-order valence-corrected chi connectivity index (χ3v) is 3.19. The fourth-order valence-electron chi connectivity index (χ4n) is 1.97. The number of methoxy groups -OCH3 is 1. The van der Waals surface area contributed by atoms with Crippen molar-refractivity contribution in [2.75, 3.05) is 27.0 Å². The Bertz CT molecular complexity index is 277. The van der Waals surface area contributed by atoms with Crippen LogP contribution in [0.4, 0.5) is 0 Å². The van der Waals surface area contributed by atoms with E-state index in [1.54, 1.807) is 0 Å². The van der Waals surface area contributed by atoms with Crippen molar-refractivity contribution in [3.05, 3.63) is 0 Å². The molecule has 2 N–H and O–H groups in total. The molecule has 0 saturated carbocycles. The highest BCUT2D eigenvalue weighted by molar-refractivity contribution is 7.51. The van der Waals surface area contributed by atoms with Crippen LogP contribution >= 0.6 is 7.60 Å². The molecule has 0 aromatic heterocycles. The molecule has 7 heteroatoms. The molecule has 4 atom stereocenters. The molecule has 6 nitrogen and oxygen atoms in total. The molecule has 1 aliphatic rings. The lowest BCUT2D eigenvalue weighted by Crippen LogP contribution is -2.48. The minimum Gasteiger partial charge on any atom is -0.393 e. The second-order valence-electron chi connectivity index (χ2n) is 4.22. The van der Waals surface area contributed by atoms with Crippen molar-refractivity contribution in [2.24, 2.45) is 0 Å². The molecule has 96 valence electrons. The SMILES string of the molecule is COC[C@@]1(CO)O[C@@H](C)CC1OP(C)(=O)O. The third-order valence-electron chi connectivity index (χ3n) is 2.55. The van der Waals surface area contributed by atoms with Gasteiger partial charge in [0.15, 0.2) is 0 Å². The van der Waals surface area contributed by atoms with Gasteiger partial charge in [0.2, 0.25) is 0 Å². The van der Waals surface area contributed by atoms with E-state index in [2.05, 4.69) is 0 Å². The molecular formula is C9H19O6P. The highest BCUT2D eigenvalue weighted by Crippen LogP contribution is 2.45. The number of hydrogen-bond acceptors (Lipinski definition) is 5. The maximum absolute atomic E-state index is 11.2. The first kappa shape index (κ1) is 14.1. The van der Waals surface area contributed by atoms with Crippen LogP contribution < -0.4 is 0 Å². The van der Waals surface area contributed by atoms with Gasteiger partial charge < -0.3 is 24.0 Å². The van der Waals surface area contributed by atoms with Gasteiger partial charge in [0.05, 0.1) is 19.3 Å². The van der Waals surface area contributed by atoms with Crippen LogP contribution in [0, 0.1) is 0 Å². The second-order valence-corrected chi connectivity index (χ2v) is 6.03. The molecule has 1 saturated heterocycles. The standard InChI is InChI=1S/C9H19O6P/c1-7-4-8(15-16(3,11)12)9(5-10,14-7)6-13-2/h7-8,10H,4-6H2,1-3H3,(H,11,12)/t7-,8?,9+/m0/s1. The summed E-state index contributed by atoms with van der Waals surface area (Å²) >= 11 is 0. The topological polar surface area (TPSA) is 85.2 Å². The van der Waals surface area contributed by atoms with Crippen molar-refractivity contribution in [3.63, 3.8) is 0 Å². The summed E-state index contributed by atoms with van der Waals surface area (Å²) in [5.74, 6) is 0. The summed E-state index contributed by atoms with van der Waals surface area (Å²) < 4.78 is 26.9. The van der Waals surface area contributed by atoms with Gasteiger partial charge in [-0.3, -0.25) is 4.57 Å². The Morgan fingerprint density at radius 1 is 1.62 bits per heavy atom. The van der Waals surface area contributed by atoms with E-state index in [1.165, 1.54) is 7.11 Å². The third kappa shape index (κ3) is 3.26. The summed E-state index contributed by atoms with van der Waals surface area (Å²) in [6, 6.07) is 0. The molecule has 16 heavy (non-hydrogen) atoms. The van der Waals surface area contributed by atoms with Crippen LogP contribution in [-0.2, 0) is 18.6 Å². The average molecular weight is 254 g/mol. The van der Waals surface area contributed by atoms with Crippen LogP contribution in [0.2, 0.25) is 0 Å². The van der Waals surface area contributed by atoms with E-state index >= 15 is 0 Å². The summed E-state index contributed by atoms with van der Waals surface area (Å²) in [7, 11) is -2.13. The number of aliphatic hydroxyl groups excluding tert-OH is 1. The summed E-state index contributed by atoms with van der Waals surface area (Å²) in [6.07, 6.45) is -0.311. The van der Waals surface area contributed by atoms with E-state index in [9.17, 15) is 14.6 Å². The van der Waals surface area contributed by atoms with Gasteiger partial charge in [-0.1, -0.05) is 0 Å². The van der Waals surface area contributed by atoms with Crippen LogP contribution in [0.15, 0.2) is 0 Å². The molecule has 1 fully saturated rings. The molecule has 2 unspecified atom stereocenters. The molecule has 0 aromatic carbocycles. The predicted molar refractivity (Wildman–Crippen MR) is 57.5 cm³/mol. The molecule has 1 rings (SSSR count). The molecule has 0 aliphatic carbocycles. The Balaban J connectivity index is 2.83. The Morgan fingerprint density at radius 3 is 2.69 bits per heavy atom. The largest absolute Gasteiger partial charge is 0.393 e. The van der Waals surface area contributed by atoms with Crippen molar-refractivity contribution in [3.8, 4) is 0 Å². The monoisotopic (exact) mass is 254 g/mol. The Hall–Kier alpha value is 0.0300. The van der Waals surface area contributed by atoms with Gasteiger partial charge in [0.25, 0.3) is 0 Å². The van der Waals surface area contributed by atoms with E-state index in [-0.39, 0.29) is 19.3 Å². The van der Waals surface area contributed by atoms with Gasteiger partial charge in [-0.25, -0.2) is 0 Å². The van der Waals surface area contributed by atoms with Gasteiger partial charge in [-0.05, 0) is 6.92 Å². The van der Waals surface area contributed by atoms with E-state index < -0.39 is 19.3 Å². The lowest BCUT2D eigenvalue weighted by Gasteiger charge is -2.32. The van der Waals surface area contributed by atoms with E-state index in [4.69, 9.17) is 14.0 Å². The summed E-state index contributed by atoms with van der Waals surface area (Å²) in [4.78, 5) is 9.22. The zero-order valence-corrected chi connectivity index (χ0v) is 10.6. The minimum absolute atomic E-state index is 0.124. The van der Waals surface area contributed by atoms with Crippen LogP contribution in [0.5, 0.6) is 0 Å². The van der Waals surface area contributed by atoms with Gasteiger partial charge >= 0.3 is 7.60 Å². The number of ether oxygens (including phenoxy) is 2. The maximum Gasteiger partial charge on any atom is 0.325 e. The molecule has 0 spiro atoms. The molecule has 0 radical (unpaired) electrons. The van der Waals surface area contributed by atoms with Gasteiger partial charge in [-0.15, -0.1) is 0 Å². The predicted octanol–water partition coefficient (Wildman–Crippen LogP) is 0.373. The van der Waals surface area contributed by atoms with Crippen LogP contribution in [0.1, 0.15) is 13.3 Å². The van der Waals surface area contributed by atoms with E-state index in [0.717, 1.165) is 6.66 Å². The molecule has 1 heterocycles. The highest BCUT2D eigenvalue weighted by atomic mass is 31.2.